The van der Waals surface area contributed by atoms with Gasteiger partial charge in [-0.3, -0.25) is 4.79 Å². The molecular formula is C9H20N2O3. The number of likely N-dealkylation sites (N-methyl/N-ethyl adjacent to an activating group) is 1. The van der Waals surface area contributed by atoms with Crippen molar-refractivity contribution in [1.29, 1.82) is 0 Å². The normalized spacial score (nSPS) is 12.6. The molecule has 1 atom stereocenters. The summed E-state index contributed by atoms with van der Waals surface area (Å²) in [7, 11) is 1.47. The van der Waals surface area contributed by atoms with Crippen molar-refractivity contribution in [2.75, 3.05) is 33.4 Å². The zero-order chi connectivity index (χ0) is 11.0. The maximum Gasteiger partial charge on any atom is 0.252 e. The molecule has 0 aromatic carbocycles. The van der Waals surface area contributed by atoms with E-state index in [4.69, 9.17) is 15.6 Å². The van der Waals surface area contributed by atoms with E-state index in [1.807, 2.05) is 6.92 Å². The van der Waals surface area contributed by atoms with Gasteiger partial charge in [-0.2, -0.15) is 0 Å². The van der Waals surface area contributed by atoms with Crippen LogP contribution in [0, 0.1) is 0 Å². The molecule has 0 aromatic rings. The van der Waals surface area contributed by atoms with Crippen molar-refractivity contribution in [2.24, 2.45) is 5.73 Å². The molecule has 5 heteroatoms. The minimum atomic E-state index is -0.561. The number of methoxy groups -OCH3 is 1. The Hall–Kier alpha value is -0.650. The monoisotopic (exact) mass is 204 g/mol. The largest absolute Gasteiger partial charge is 0.396 e. The van der Waals surface area contributed by atoms with E-state index in [-0.39, 0.29) is 19.1 Å². The number of ether oxygens (including phenoxy) is 1. The van der Waals surface area contributed by atoms with Crippen molar-refractivity contribution in [3.8, 4) is 0 Å². The second kappa shape index (κ2) is 7.73. The maximum absolute atomic E-state index is 11.7. The first kappa shape index (κ1) is 13.4. The van der Waals surface area contributed by atoms with Gasteiger partial charge in [0, 0.05) is 33.4 Å². The summed E-state index contributed by atoms with van der Waals surface area (Å²) in [6, 6.07) is 0. The second-order valence-electron chi connectivity index (χ2n) is 2.96. The molecule has 0 rings (SSSR count). The van der Waals surface area contributed by atoms with E-state index in [1.165, 1.54) is 7.11 Å². The van der Waals surface area contributed by atoms with E-state index in [2.05, 4.69) is 0 Å². The van der Waals surface area contributed by atoms with E-state index in [0.717, 1.165) is 0 Å². The summed E-state index contributed by atoms with van der Waals surface area (Å²) in [5, 5.41) is 8.65. The van der Waals surface area contributed by atoms with E-state index >= 15 is 0 Å². The maximum atomic E-state index is 11.7. The van der Waals surface area contributed by atoms with Crippen LogP contribution in [0.15, 0.2) is 0 Å². The lowest BCUT2D eigenvalue weighted by molar-refractivity contribution is -0.141. The highest BCUT2D eigenvalue weighted by Crippen LogP contribution is 1.99. The highest BCUT2D eigenvalue weighted by molar-refractivity contribution is 5.81. The zero-order valence-electron chi connectivity index (χ0n) is 8.90. The fraction of sp³-hybridized carbons (Fsp3) is 0.889. The zero-order valence-corrected chi connectivity index (χ0v) is 8.90. The molecule has 0 aliphatic carbocycles. The average molecular weight is 204 g/mol. The molecule has 0 aliphatic heterocycles. The molecule has 84 valence electrons. The topological polar surface area (TPSA) is 75.8 Å². The highest BCUT2D eigenvalue weighted by Gasteiger charge is 2.20. The van der Waals surface area contributed by atoms with E-state index in [9.17, 15) is 4.79 Å². The first-order valence-electron chi connectivity index (χ1n) is 4.83. The van der Waals surface area contributed by atoms with E-state index in [0.29, 0.717) is 19.5 Å². The van der Waals surface area contributed by atoms with Crippen LogP contribution in [0.4, 0.5) is 0 Å². The van der Waals surface area contributed by atoms with E-state index in [1.54, 1.807) is 4.90 Å². The Morgan fingerprint density at radius 1 is 1.64 bits per heavy atom. The van der Waals surface area contributed by atoms with Gasteiger partial charge in [0.05, 0.1) is 0 Å². The van der Waals surface area contributed by atoms with Crippen molar-refractivity contribution in [2.45, 2.75) is 19.4 Å². The minimum absolute atomic E-state index is 0.0874. The minimum Gasteiger partial charge on any atom is -0.396 e. The lowest BCUT2D eigenvalue weighted by atomic mass is 10.3. The molecule has 0 fully saturated rings. The second-order valence-corrected chi connectivity index (χ2v) is 2.96. The Balaban J connectivity index is 4.13. The number of hydrogen-bond donors (Lipinski definition) is 2. The van der Waals surface area contributed by atoms with Crippen LogP contribution in [-0.2, 0) is 9.53 Å². The van der Waals surface area contributed by atoms with Crippen LogP contribution < -0.4 is 5.73 Å². The Morgan fingerprint density at radius 3 is 2.64 bits per heavy atom. The van der Waals surface area contributed by atoms with Crippen LogP contribution in [0.3, 0.4) is 0 Å². The van der Waals surface area contributed by atoms with Gasteiger partial charge in [-0.15, -0.1) is 0 Å². The molecule has 3 N–H and O–H groups in total. The number of nitrogens with zero attached hydrogens (tertiary/aromatic N) is 1. The third-order valence-corrected chi connectivity index (χ3v) is 2.05. The molecule has 0 radical (unpaired) electrons. The molecule has 5 nitrogen and oxygen atoms in total. The number of carbonyl (C=O) groups is 1. The first-order chi connectivity index (χ1) is 6.71. The lowest BCUT2D eigenvalue weighted by Gasteiger charge is -2.24. The summed E-state index contributed by atoms with van der Waals surface area (Å²) in [5.41, 5.74) is 5.38. The SMILES string of the molecule is CCN(CCCO)C(=O)C(CN)OC. The van der Waals surface area contributed by atoms with Gasteiger partial charge in [-0.1, -0.05) is 0 Å². The van der Waals surface area contributed by atoms with Gasteiger partial charge in [0.1, 0.15) is 6.10 Å². The standard InChI is InChI=1S/C9H20N2O3/c1-3-11(5-4-6-12)9(13)8(7-10)14-2/h8,12H,3-7,10H2,1-2H3. The van der Waals surface area contributed by atoms with Gasteiger partial charge in [-0.25, -0.2) is 0 Å². The molecule has 0 spiro atoms. The first-order valence-corrected chi connectivity index (χ1v) is 4.83. The molecule has 0 saturated heterocycles. The van der Waals surface area contributed by atoms with Crippen LogP contribution in [0.5, 0.6) is 0 Å². The van der Waals surface area contributed by atoms with Gasteiger partial charge >= 0.3 is 0 Å². The number of amides is 1. The molecular weight excluding hydrogens is 184 g/mol. The molecule has 1 amide bonds. The number of hydrogen-bond acceptors (Lipinski definition) is 4. The number of rotatable bonds is 7. The van der Waals surface area contributed by atoms with Crippen molar-refractivity contribution in [1.82, 2.24) is 4.90 Å². The highest BCUT2D eigenvalue weighted by atomic mass is 16.5. The summed E-state index contributed by atoms with van der Waals surface area (Å²) < 4.78 is 4.95. The molecule has 0 saturated carbocycles. The summed E-state index contributed by atoms with van der Waals surface area (Å²) in [6.45, 7) is 3.32. The van der Waals surface area contributed by atoms with Crippen molar-refractivity contribution in [3.63, 3.8) is 0 Å². The van der Waals surface area contributed by atoms with Crippen LogP contribution in [0.2, 0.25) is 0 Å². The molecule has 0 aromatic heterocycles. The van der Waals surface area contributed by atoms with Gasteiger partial charge in [0.2, 0.25) is 0 Å². The van der Waals surface area contributed by atoms with Gasteiger partial charge in [0.15, 0.2) is 0 Å². The Bertz CT molecular complexity index is 160. The Labute approximate surface area is 84.8 Å². The Morgan fingerprint density at radius 2 is 2.29 bits per heavy atom. The van der Waals surface area contributed by atoms with Crippen LogP contribution in [0.25, 0.3) is 0 Å². The molecule has 0 aliphatic rings. The van der Waals surface area contributed by atoms with Crippen LogP contribution >= 0.6 is 0 Å². The fourth-order valence-electron chi connectivity index (χ4n) is 1.19. The molecule has 0 heterocycles. The summed E-state index contributed by atoms with van der Waals surface area (Å²) in [6.07, 6.45) is 0.0225. The van der Waals surface area contributed by atoms with Gasteiger partial charge in [-0.05, 0) is 13.3 Å². The summed E-state index contributed by atoms with van der Waals surface area (Å²) in [5.74, 6) is -0.106. The number of aliphatic hydroxyl groups excluding tert-OH is 1. The van der Waals surface area contributed by atoms with Crippen molar-refractivity contribution < 1.29 is 14.6 Å². The lowest BCUT2D eigenvalue weighted by Crippen LogP contribution is -2.44. The fourth-order valence-corrected chi connectivity index (χ4v) is 1.19. The summed E-state index contributed by atoms with van der Waals surface area (Å²) >= 11 is 0. The number of carbonyl (C=O) groups excluding carboxylic acids is 1. The van der Waals surface area contributed by atoms with E-state index < -0.39 is 6.10 Å². The predicted octanol–water partition coefficient (Wildman–Crippen LogP) is -0.809. The average Bonchev–Trinajstić information content (AvgIpc) is 2.21. The summed E-state index contributed by atoms with van der Waals surface area (Å²) in [4.78, 5) is 13.3. The Kier molecular flexibility index (Phi) is 7.37. The molecule has 1 unspecified atom stereocenters. The molecule has 0 bridgehead atoms. The third kappa shape index (κ3) is 4.04. The van der Waals surface area contributed by atoms with Gasteiger partial charge in [0.25, 0.3) is 5.91 Å². The molecule has 14 heavy (non-hydrogen) atoms. The van der Waals surface area contributed by atoms with Crippen LogP contribution in [-0.4, -0.2) is 55.4 Å². The van der Waals surface area contributed by atoms with Crippen LogP contribution in [0.1, 0.15) is 13.3 Å². The smallest absolute Gasteiger partial charge is 0.252 e. The quantitative estimate of drug-likeness (QED) is 0.569. The van der Waals surface area contributed by atoms with Crippen molar-refractivity contribution >= 4 is 5.91 Å². The van der Waals surface area contributed by atoms with Gasteiger partial charge < -0.3 is 20.5 Å². The number of nitrogens with two attached hydrogens (primary N) is 1. The van der Waals surface area contributed by atoms with Crippen molar-refractivity contribution in [3.05, 3.63) is 0 Å². The number of aliphatic hydroxyl groups is 1. The predicted molar refractivity (Wildman–Crippen MR) is 53.8 cm³/mol. The third-order valence-electron chi connectivity index (χ3n) is 2.05.